The van der Waals surface area contributed by atoms with Crippen molar-refractivity contribution in [3.63, 3.8) is 0 Å². The second kappa shape index (κ2) is 9.53. The number of hydrogen-bond donors (Lipinski definition) is 0. The van der Waals surface area contributed by atoms with Gasteiger partial charge in [-0.1, -0.05) is 73.4 Å². The van der Waals surface area contributed by atoms with E-state index in [2.05, 4.69) is 23.6 Å². The summed E-state index contributed by atoms with van der Waals surface area (Å²) in [6.07, 6.45) is 6.80. The largest absolute Gasteiger partial charge is 0.291 e. The summed E-state index contributed by atoms with van der Waals surface area (Å²) in [5.74, 6) is 0. The number of aryl methyl sites for hydroxylation is 1. The minimum absolute atomic E-state index is 0.190. The fourth-order valence-corrected chi connectivity index (χ4v) is 6.11. The highest BCUT2D eigenvalue weighted by Crippen LogP contribution is 2.29. The Balaban J connectivity index is 1.95. The molecule has 0 radical (unpaired) electrons. The van der Waals surface area contributed by atoms with E-state index in [0.29, 0.717) is 11.3 Å². The van der Waals surface area contributed by atoms with Crippen molar-refractivity contribution < 1.29 is 8.42 Å². The molecule has 2 unspecified atom stereocenters. The first-order valence-electron chi connectivity index (χ1n) is 10.2. The van der Waals surface area contributed by atoms with E-state index in [1.165, 1.54) is 5.56 Å². The van der Waals surface area contributed by atoms with Crippen LogP contribution >= 0.6 is 0 Å². The van der Waals surface area contributed by atoms with Crippen molar-refractivity contribution >= 4 is 9.84 Å². The monoisotopic (exact) mass is 397 g/mol. The maximum absolute atomic E-state index is 13.6. The molecule has 28 heavy (non-hydrogen) atoms. The Labute approximate surface area is 170 Å². The van der Waals surface area contributed by atoms with Gasteiger partial charge >= 0.3 is 0 Å². The van der Waals surface area contributed by atoms with Crippen LogP contribution in [0.3, 0.4) is 0 Å². The first-order chi connectivity index (χ1) is 13.5. The Morgan fingerprint density at radius 3 is 2.36 bits per heavy atom. The molecule has 2 atom stereocenters. The fraction of sp³-hybridized carbons (Fsp3) is 0.417. The van der Waals surface area contributed by atoms with E-state index in [9.17, 15) is 8.42 Å². The SMILES string of the molecule is C=CC1C(S(=O)(=O)c2ccc(C)cc2)CCCCCCN1Cc1ccccc1. The fourth-order valence-electron chi connectivity index (χ4n) is 4.11. The molecule has 4 heteroatoms. The number of benzene rings is 2. The van der Waals surface area contributed by atoms with E-state index >= 15 is 0 Å². The molecule has 1 aliphatic heterocycles. The molecule has 0 N–H and O–H groups in total. The smallest absolute Gasteiger partial charge is 0.183 e. The number of hydrogen-bond acceptors (Lipinski definition) is 3. The van der Waals surface area contributed by atoms with Gasteiger partial charge in [0.05, 0.1) is 10.1 Å². The molecule has 0 aliphatic carbocycles. The third-order valence-corrected chi connectivity index (χ3v) is 7.95. The lowest BCUT2D eigenvalue weighted by atomic mass is 10.1. The van der Waals surface area contributed by atoms with Crippen LogP contribution in [0.2, 0.25) is 0 Å². The van der Waals surface area contributed by atoms with Gasteiger partial charge in [0.1, 0.15) is 0 Å². The lowest BCUT2D eigenvalue weighted by Gasteiger charge is -2.34. The van der Waals surface area contributed by atoms with Crippen molar-refractivity contribution in [1.82, 2.24) is 4.90 Å². The van der Waals surface area contributed by atoms with Gasteiger partial charge in [-0.25, -0.2) is 8.42 Å². The second-order valence-electron chi connectivity index (χ2n) is 7.78. The topological polar surface area (TPSA) is 37.4 Å². The van der Waals surface area contributed by atoms with Crippen molar-refractivity contribution in [2.24, 2.45) is 0 Å². The molecule has 0 amide bonds. The quantitative estimate of drug-likeness (QED) is 0.654. The Bertz CT molecular complexity index is 859. The average molecular weight is 398 g/mol. The first kappa shape index (κ1) is 20.8. The Morgan fingerprint density at radius 2 is 1.68 bits per heavy atom. The van der Waals surface area contributed by atoms with Gasteiger partial charge < -0.3 is 0 Å². The van der Waals surface area contributed by atoms with Gasteiger partial charge in [-0.2, -0.15) is 0 Å². The molecule has 0 aromatic heterocycles. The van der Waals surface area contributed by atoms with E-state index in [-0.39, 0.29) is 6.04 Å². The van der Waals surface area contributed by atoms with E-state index in [4.69, 9.17) is 0 Å². The lowest BCUT2D eigenvalue weighted by Crippen LogP contribution is -2.45. The molecule has 0 spiro atoms. The Hall–Kier alpha value is -1.91. The maximum Gasteiger partial charge on any atom is 0.183 e. The summed E-state index contributed by atoms with van der Waals surface area (Å²) >= 11 is 0. The Morgan fingerprint density at radius 1 is 1.00 bits per heavy atom. The minimum atomic E-state index is -3.43. The van der Waals surface area contributed by atoms with E-state index in [1.807, 2.05) is 43.3 Å². The van der Waals surface area contributed by atoms with Gasteiger partial charge in [-0.05, 0) is 44.0 Å². The zero-order valence-corrected chi connectivity index (χ0v) is 17.6. The molecule has 1 aliphatic rings. The highest BCUT2D eigenvalue weighted by molar-refractivity contribution is 7.92. The Kier molecular flexibility index (Phi) is 7.08. The lowest BCUT2D eigenvalue weighted by molar-refractivity contribution is 0.211. The minimum Gasteiger partial charge on any atom is -0.291 e. The number of rotatable bonds is 5. The normalized spacial score (nSPS) is 22.0. The van der Waals surface area contributed by atoms with E-state index in [1.54, 1.807) is 12.1 Å². The van der Waals surface area contributed by atoms with Crippen molar-refractivity contribution in [3.8, 4) is 0 Å². The third-order valence-electron chi connectivity index (χ3n) is 5.70. The highest BCUT2D eigenvalue weighted by atomic mass is 32.2. The first-order valence-corrected chi connectivity index (χ1v) is 11.8. The molecule has 1 saturated heterocycles. The summed E-state index contributed by atoms with van der Waals surface area (Å²) in [5.41, 5.74) is 2.28. The van der Waals surface area contributed by atoms with Crippen molar-refractivity contribution in [3.05, 3.63) is 78.4 Å². The highest BCUT2D eigenvalue weighted by Gasteiger charge is 2.36. The van der Waals surface area contributed by atoms with E-state index < -0.39 is 15.1 Å². The van der Waals surface area contributed by atoms with Crippen LogP contribution in [-0.4, -0.2) is 31.2 Å². The maximum atomic E-state index is 13.6. The molecular formula is C24H31NO2S. The molecule has 0 saturated carbocycles. The van der Waals surface area contributed by atoms with Crippen LogP contribution in [-0.2, 0) is 16.4 Å². The summed E-state index contributed by atoms with van der Waals surface area (Å²) in [6.45, 7) is 7.66. The van der Waals surface area contributed by atoms with Gasteiger partial charge in [0.15, 0.2) is 9.84 Å². The predicted octanol–water partition coefficient (Wildman–Crippen LogP) is 5.16. The molecular weight excluding hydrogens is 366 g/mol. The van der Waals surface area contributed by atoms with Gasteiger partial charge in [0.2, 0.25) is 0 Å². The molecule has 3 nitrogen and oxygen atoms in total. The third kappa shape index (κ3) is 4.92. The van der Waals surface area contributed by atoms with Crippen molar-refractivity contribution in [1.29, 1.82) is 0 Å². The molecule has 0 bridgehead atoms. The van der Waals surface area contributed by atoms with Crippen LogP contribution in [0.15, 0.2) is 72.1 Å². The molecule has 3 rings (SSSR count). The van der Waals surface area contributed by atoms with Crippen LogP contribution in [0, 0.1) is 6.92 Å². The number of sulfone groups is 1. The summed E-state index contributed by atoms with van der Waals surface area (Å²) in [5, 5.41) is -0.463. The zero-order valence-electron chi connectivity index (χ0n) is 16.8. The van der Waals surface area contributed by atoms with Gasteiger partial charge in [0.25, 0.3) is 0 Å². The summed E-state index contributed by atoms with van der Waals surface area (Å²) in [4.78, 5) is 2.73. The molecule has 150 valence electrons. The second-order valence-corrected chi connectivity index (χ2v) is 9.95. The standard InChI is InChI=1S/C24H31NO2S/c1-3-23-24(28(26,27)22-16-14-20(2)15-17-22)13-9-4-5-10-18-25(23)19-21-11-7-6-8-12-21/h3,6-8,11-12,14-17,23-24H,1,4-5,9-10,13,18-19H2,2H3. The van der Waals surface area contributed by atoms with Crippen molar-refractivity contribution in [2.75, 3.05) is 6.54 Å². The summed E-state index contributed by atoms with van der Waals surface area (Å²) in [7, 11) is -3.43. The van der Waals surface area contributed by atoms with Gasteiger partial charge in [-0.3, -0.25) is 4.90 Å². The summed E-state index contributed by atoms with van der Waals surface area (Å²) < 4.78 is 27.1. The molecule has 1 fully saturated rings. The molecule has 2 aromatic rings. The van der Waals surface area contributed by atoms with Crippen LogP contribution in [0.5, 0.6) is 0 Å². The molecule has 1 heterocycles. The van der Waals surface area contributed by atoms with Crippen LogP contribution in [0.1, 0.15) is 43.2 Å². The average Bonchev–Trinajstić information content (AvgIpc) is 2.79. The van der Waals surface area contributed by atoms with Gasteiger partial charge in [-0.15, -0.1) is 6.58 Å². The van der Waals surface area contributed by atoms with Crippen LogP contribution in [0.4, 0.5) is 0 Å². The van der Waals surface area contributed by atoms with Crippen molar-refractivity contribution in [2.45, 2.75) is 61.8 Å². The number of nitrogens with zero attached hydrogens (tertiary/aromatic N) is 1. The van der Waals surface area contributed by atoms with Crippen LogP contribution < -0.4 is 0 Å². The zero-order chi connectivity index (χ0) is 20.0. The van der Waals surface area contributed by atoms with E-state index in [0.717, 1.165) is 44.3 Å². The molecule has 2 aromatic carbocycles. The predicted molar refractivity (Wildman–Crippen MR) is 116 cm³/mol. The summed E-state index contributed by atoms with van der Waals surface area (Å²) in [6, 6.07) is 17.4. The van der Waals surface area contributed by atoms with Crippen LogP contribution in [0.25, 0.3) is 0 Å². The van der Waals surface area contributed by atoms with Gasteiger partial charge in [0, 0.05) is 12.6 Å².